The molecule has 1 amide bonds. The van der Waals surface area contributed by atoms with E-state index < -0.39 is 5.91 Å². The number of nitrogens with zero attached hydrogens (tertiary/aromatic N) is 6. The van der Waals surface area contributed by atoms with Gasteiger partial charge in [0.15, 0.2) is 5.69 Å². The summed E-state index contributed by atoms with van der Waals surface area (Å²) in [7, 11) is 0. The number of nitrogens with one attached hydrogen (secondary N) is 1. The number of anilines is 1. The zero-order chi connectivity index (χ0) is 19.5. The van der Waals surface area contributed by atoms with Crippen molar-refractivity contribution in [3.8, 4) is 17.1 Å². The first kappa shape index (κ1) is 17.1. The van der Waals surface area contributed by atoms with E-state index in [4.69, 9.17) is 10.2 Å². The van der Waals surface area contributed by atoms with Gasteiger partial charge in [-0.15, -0.1) is 5.10 Å². The number of aromatic nitrogens is 5. The molecule has 0 aliphatic heterocycles. The van der Waals surface area contributed by atoms with Crippen molar-refractivity contribution >= 4 is 17.9 Å². The lowest BCUT2D eigenvalue weighted by atomic mass is 10.1. The summed E-state index contributed by atoms with van der Waals surface area (Å²) < 4.78 is 11.1. The van der Waals surface area contributed by atoms with Gasteiger partial charge in [0, 0.05) is 5.56 Å². The number of nitrogens with two attached hydrogens (primary N) is 1. The molecule has 4 aromatic rings. The second-order valence-electron chi connectivity index (χ2n) is 5.69. The standard InChI is InChI=1S/C17H14N8O3/c1-10-7-8-12(27-10)9-19-21-17(26)14-13(11-5-3-2-4-6-11)20-24-25(14)16-15(18)22-28-23-16/h2-9H,1H3,(H2,18,22)(H,21,26)/b19-9+. The van der Waals surface area contributed by atoms with Gasteiger partial charge in [-0.05, 0) is 29.4 Å². The van der Waals surface area contributed by atoms with Crippen molar-refractivity contribution < 1.29 is 13.8 Å². The number of hydrazone groups is 1. The molecule has 0 spiro atoms. The Morgan fingerprint density at radius 2 is 2.04 bits per heavy atom. The van der Waals surface area contributed by atoms with Gasteiger partial charge in [-0.1, -0.05) is 35.5 Å². The van der Waals surface area contributed by atoms with Gasteiger partial charge in [-0.3, -0.25) is 4.79 Å². The Labute approximate surface area is 157 Å². The number of furan rings is 1. The predicted octanol–water partition coefficient (Wildman–Crippen LogP) is 1.56. The first-order valence-electron chi connectivity index (χ1n) is 8.13. The molecule has 4 rings (SSSR count). The van der Waals surface area contributed by atoms with Crippen LogP contribution in [0.25, 0.3) is 17.1 Å². The molecule has 0 radical (unpaired) electrons. The number of aryl methyl sites for hydroxylation is 1. The Balaban J connectivity index is 1.70. The van der Waals surface area contributed by atoms with Crippen molar-refractivity contribution in [1.82, 2.24) is 30.7 Å². The lowest BCUT2D eigenvalue weighted by Crippen LogP contribution is -2.22. The molecule has 11 heteroatoms. The number of carbonyl (C=O) groups excluding carboxylic acids is 1. The van der Waals surface area contributed by atoms with Gasteiger partial charge in [0.25, 0.3) is 5.91 Å². The normalized spacial score (nSPS) is 11.2. The molecule has 28 heavy (non-hydrogen) atoms. The van der Waals surface area contributed by atoms with Gasteiger partial charge in [0.1, 0.15) is 17.2 Å². The molecule has 0 aliphatic rings. The van der Waals surface area contributed by atoms with Crippen LogP contribution in [-0.2, 0) is 0 Å². The van der Waals surface area contributed by atoms with Crippen molar-refractivity contribution in [2.24, 2.45) is 5.10 Å². The van der Waals surface area contributed by atoms with Crippen LogP contribution >= 0.6 is 0 Å². The molecule has 3 heterocycles. The van der Waals surface area contributed by atoms with Gasteiger partial charge >= 0.3 is 0 Å². The summed E-state index contributed by atoms with van der Waals surface area (Å²) in [5.74, 6) is 0.664. The molecule has 0 atom stereocenters. The molecule has 0 aliphatic carbocycles. The van der Waals surface area contributed by atoms with Crippen LogP contribution in [-0.4, -0.2) is 37.4 Å². The van der Waals surface area contributed by atoms with E-state index >= 15 is 0 Å². The van der Waals surface area contributed by atoms with Crippen molar-refractivity contribution in [3.05, 3.63) is 59.7 Å². The Hall–Kier alpha value is -4.28. The molecule has 1 aromatic carbocycles. The lowest BCUT2D eigenvalue weighted by molar-refractivity contribution is 0.0948. The Kier molecular flexibility index (Phi) is 4.38. The quantitative estimate of drug-likeness (QED) is 0.392. The number of rotatable bonds is 5. The number of hydrogen-bond donors (Lipinski definition) is 2. The topological polar surface area (TPSA) is 150 Å². The van der Waals surface area contributed by atoms with Crippen LogP contribution < -0.4 is 11.2 Å². The van der Waals surface area contributed by atoms with E-state index in [9.17, 15) is 4.79 Å². The van der Waals surface area contributed by atoms with Crippen LogP contribution in [0.15, 0.2) is 56.6 Å². The number of amides is 1. The van der Waals surface area contributed by atoms with E-state index in [1.54, 1.807) is 24.3 Å². The van der Waals surface area contributed by atoms with Gasteiger partial charge in [-0.2, -0.15) is 9.78 Å². The summed E-state index contributed by atoms with van der Waals surface area (Å²) in [6, 6.07) is 12.6. The van der Waals surface area contributed by atoms with Gasteiger partial charge < -0.3 is 10.2 Å². The minimum Gasteiger partial charge on any atom is -0.460 e. The summed E-state index contributed by atoms with van der Waals surface area (Å²) in [5, 5.41) is 19.2. The van der Waals surface area contributed by atoms with Crippen LogP contribution in [0.5, 0.6) is 0 Å². The molecular formula is C17H14N8O3. The molecule has 3 N–H and O–H groups in total. The van der Waals surface area contributed by atoms with Crippen LogP contribution in [0.1, 0.15) is 22.0 Å². The SMILES string of the molecule is Cc1ccc(/C=N/NC(=O)c2c(-c3ccccc3)nnn2-c2nonc2N)o1. The molecule has 0 fully saturated rings. The smallest absolute Gasteiger partial charge is 0.292 e. The third-order valence-electron chi connectivity index (χ3n) is 3.75. The molecule has 0 unspecified atom stereocenters. The first-order chi connectivity index (χ1) is 13.6. The predicted molar refractivity (Wildman–Crippen MR) is 97.6 cm³/mol. The molecule has 140 valence electrons. The fourth-order valence-corrected chi connectivity index (χ4v) is 2.49. The highest BCUT2D eigenvalue weighted by molar-refractivity contribution is 5.99. The van der Waals surface area contributed by atoms with Crippen LogP contribution in [0.3, 0.4) is 0 Å². The van der Waals surface area contributed by atoms with E-state index in [-0.39, 0.29) is 17.3 Å². The maximum absolute atomic E-state index is 12.8. The summed E-state index contributed by atoms with van der Waals surface area (Å²) >= 11 is 0. The number of hydrogen-bond acceptors (Lipinski definition) is 9. The zero-order valence-electron chi connectivity index (χ0n) is 14.6. The Bertz CT molecular complexity index is 1140. The maximum atomic E-state index is 12.8. The number of carbonyl (C=O) groups is 1. The van der Waals surface area contributed by atoms with E-state index in [2.05, 4.69) is 35.8 Å². The lowest BCUT2D eigenvalue weighted by Gasteiger charge is -2.04. The van der Waals surface area contributed by atoms with E-state index in [1.807, 2.05) is 25.1 Å². The first-order valence-corrected chi connectivity index (χ1v) is 8.13. The largest absolute Gasteiger partial charge is 0.460 e. The molecular weight excluding hydrogens is 364 g/mol. The van der Waals surface area contributed by atoms with Crippen molar-refractivity contribution in [1.29, 1.82) is 0 Å². The molecule has 3 aromatic heterocycles. The third kappa shape index (κ3) is 3.23. The minimum atomic E-state index is -0.578. The molecule has 0 saturated heterocycles. The van der Waals surface area contributed by atoms with E-state index in [1.165, 1.54) is 6.21 Å². The van der Waals surface area contributed by atoms with Crippen LogP contribution in [0.4, 0.5) is 5.82 Å². The summed E-state index contributed by atoms with van der Waals surface area (Å²) in [6.45, 7) is 1.81. The molecule has 0 saturated carbocycles. The monoisotopic (exact) mass is 378 g/mol. The van der Waals surface area contributed by atoms with E-state index in [0.29, 0.717) is 17.0 Å². The number of nitrogen functional groups attached to an aromatic ring is 1. The maximum Gasteiger partial charge on any atom is 0.292 e. The minimum absolute atomic E-state index is 0.0341. The fraction of sp³-hybridized carbons (Fsp3) is 0.0588. The van der Waals surface area contributed by atoms with Gasteiger partial charge in [0.05, 0.1) is 6.21 Å². The average Bonchev–Trinajstić information content (AvgIpc) is 3.42. The fourth-order valence-electron chi connectivity index (χ4n) is 2.49. The van der Waals surface area contributed by atoms with Crippen molar-refractivity contribution in [2.75, 3.05) is 5.73 Å². The molecule has 0 bridgehead atoms. The highest BCUT2D eigenvalue weighted by Gasteiger charge is 2.25. The van der Waals surface area contributed by atoms with Crippen molar-refractivity contribution in [3.63, 3.8) is 0 Å². The number of benzene rings is 1. The third-order valence-corrected chi connectivity index (χ3v) is 3.75. The molecule has 11 nitrogen and oxygen atoms in total. The van der Waals surface area contributed by atoms with Crippen molar-refractivity contribution in [2.45, 2.75) is 6.92 Å². The highest BCUT2D eigenvalue weighted by Crippen LogP contribution is 2.24. The zero-order valence-corrected chi connectivity index (χ0v) is 14.6. The Morgan fingerprint density at radius 3 is 2.71 bits per heavy atom. The van der Waals surface area contributed by atoms with Crippen LogP contribution in [0, 0.1) is 6.92 Å². The summed E-state index contributed by atoms with van der Waals surface area (Å²) in [5.41, 5.74) is 9.24. The van der Waals surface area contributed by atoms with Gasteiger partial charge in [-0.25, -0.2) is 10.1 Å². The summed E-state index contributed by atoms with van der Waals surface area (Å²) in [6.07, 6.45) is 1.38. The van der Waals surface area contributed by atoms with E-state index in [0.717, 1.165) is 10.4 Å². The second kappa shape index (κ2) is 7.15. The average molecular weight is 378 g/mol. The summed E-state index contributed by atoms with van der Waals surface area (Å²) in [4.78, 5) is 12.8. The second-order valence-corrected chi connectivity index (χ2v) is 5.69. The highest BCUT2D eigenvalue weighted by atomic mass is 16.6. The van der Waals surface area contributed by atoms with Gasteiger partial charge in [0.2, 0.25) is 11.6 Å². The van der Waals surface area contributed by atoms with Crippen LogP contribution in [0.2, 0.25) is 0 Å². The Morgan fingerprint density at radius 1 is 1.21 bits per heavy atom.